The summed E-state index contributed by atoms with van der Waals surface area (Å²) >= 11 is 0. The molecule has 3 aromatic carbocycles. The molecule has 144 valence electrons. The highest BCUT2D eigenvalue weighted by Gasteiger charge is 2.07. The molecular weight excluding hydrogens is 350 g/mol. The second-order valence-electron chi connectivity index (χ2n) is 6.44. The first-order chi connectivity index (χ1) is 13.7. The molecule has 0 fully saturated rings. The lowest BCUT2D eigenvalue weighted by Crippen LogP contribution is -2.12. The summed E-state index contributed by atoms with van der Waals surface area (Å²) in [7, 11) is 0. The number of hydrogen-bond acceptors (Lipinski definition) is 3. The lowest BCUT2D eigenvalue weighted by molar-refractivity contribution is 0.102. The standard InChI is InChI=1S/C24H25NO3/c1-2-16-27-22-13-11-20(12-14-22)24(26)25-21-9-6-10-23(18-21)28-17-15-19-7-4-3-5-8-19/h3-14,18H,2,15-17H2,1H3,(H,25,26). The van der Waals surface area contributed by atoms with Gasteiger partial charge in [-0.1, -0.05) is 43.3 Å². The smallest absolute Gasteiger partial charge is 0.255 e. The zero-order valence-corrected chi connectivity index (χ0v) is 16.1. The summed E-state index contributed by atoms with van der Waals surface area (Å²) in [6.45, 7) is 3.31. The van der Waals surface area contributed by atoms with Gasteiger partial charge in [-0.05, 0) is 48.4 Å². The normalized spacial score (nSPS) is 10.3. The number of anilines is 1. The number of carbonyl (C=O) groups is 1. The van der Waals surface area contributed by atoms with E-state index in [1.807, 2.05) is 54.6 Å². The fraction of sp³-hybridized carbons (Fsp3) is 0.208. The van der Waals surface area contributed by atoms with Crippen molar-refractivity contribution in [1.29, 1.82) is 0 Å². The maximum atomic E-state index is 12.5. The highest BCUT2D eigenvalue weighted by molar-refractivity contribution is 6.04. The van der Waals surface area contributed by atoms with Crippen molar-refractivity contribution in [2.24, 2.45) is 0 Å². The fourth-order valence-electron chi connectivity index (χ4n) is 2.72. The number of rotatable bonds is 9. The van der Waals surface area contributed by atoms with Crippen LogP contribution in [-0.4, -0.2) is 19.1 Å². The Hall–Kier alpha value is -3.27. The number of ether oxygens (including phenoxy) is 2. The fourth-order valence-corrected chi connectivity index (χ4v) is 2.72. The molecule has 0 saturated heterocycles. The highest BCUT2D eigenvalue weighted by atomic mass is 16.5. The molecule has 0 saturated carbocycles. The molecule has 0 bridgehead atoms. The summed E-state index contributed by atoms with van der Waals surface area (Å²) in [5.74, 6) is 1.34. The molecule has 0 spiro atoms. The van der Waals surface area contributed by atoms with Crippen LogP contribution in [0.15, 0.2) is 78.9 Å². The van der Waals surface area contributed by atoms with E-state index in [9.17, 15) is 4.79 Å². The largest absolute Gasteiger partial charge is 0.494 e. The van der Waals surface area contributed by atoms with Gasteiger partial charge < -0.3 is 14.8 Å². The minimum Gasteiger partial charge on any atom is -0.494 e. The predicted octanol–water partition coefficient (Wildman–Crippen LogP) is 5.35. The van der Waals surface area contributed by atoms with Gasteiger partial charge in [-0.2, -0.15) is 0 Å². The summed E-state index contributed by atoms with van der Waals surface area (Å²) in [5, 5.41) is 2.91. The summed E-state index contributed by atoms with van der Waals surface area (Å²) in [6.07, 6.45) is 1.79. The van der Waals surface area contributed by atoms with E-state index in [0.717, 1.165) is 24.3 Å². The minimum atomic E-state index is -0.163. The Morgan fingerprint density at radius 2 is 1.57 bits per heavy atom. The van der Waals surface area contributed by atoms with Gasteiger partial charge in [0, 0.05) is 23.7 Å². The van der Waals surface area contributed by atoms with Gasteiger partial charge in [-0.3, -0.25) is 4.79 Å². The molecule has 1 N–H and O–H groups in total. The highest BCUT2D eigenvalue weighted by Crippen LogP contribution is 2.19. The topological polar surface area (TPSA) is 47.6 Å². The van der Waals surface area contributed by atoms with E-state index in [2.05, 4.69) is 24.4 Å². The van der Waals surface area contributed by atoms with Gasteiger partial charge in [0.2, 0.25) is 0 Å². The first-order valence-corrected chi connectivity index (χ1v) is 9.55. The van der Waals surface area contributed by atoms with Crippen LogP contribution < -0.4 is 14.8 Å². The summed E-state index contributed by atoms with van der Waals surface area (Å²) < 4.78 is 11.4. The second kappa shape index (κ2) is 10.2. The SMILES string of the molecule is CCCOc1ccc(C(=O)Nc2cccc(OCCc3ccccc3)c2)cc1. The minimum absolute atomic E-state index is 0.163. The molecule has 0 aliphatic rings. The molecule has 0 aromatic heterocycles. The molecule has 0 atom stereocenters. The van der Waals surface area contributed by atoms with E-state index in [1.54, 1.807) is 12.1 Å². The van der Waals surface area contributed by atoms with Gasteiger partial charge in [0.1, 0.15) is 11.5 Å². The van der Waals surface area contributed by atoms with Crippen molar-refractivity contribution in [3.05, 3.63) is 90.0 Å². The molecule has 3 aromatic rings. The average Bonchev–Trinajstić information content (AvgIpc) is 2.74. The zero-order chi connectivity index (χ0) is 19.6. The van der Waals surface area contributed by atoms with Crippen LogP contribution in [0.1, 0.15) is 29.3 Å². The van der Waals surface area contributed by atoms with Gasteiger partial charge in [-0.15, -0.1) is 0 Å². The van der Waals surface area contributed by atoms with Crippen molar-refractivity contribution < 1.29 is 14.3 Å². The third-order valence-electron chi connectivity index (χ3n) is 4.18. The van der Waals surface area contributed by atoms with Crippen LogP contribution >= 0.6 is 0 Å². The van der Waals surface area contributed by atoms with E-state index in [0.29, 0.717) is 24.5 Å². The number of amides is 1. The first-order valence-electron chi connectivity index (χ1n) is 9.55. The van der Waals surface area contributed by atoms with Crippen molar-refractivity contribution in [3.63, 3.8) is 0 Å². The van der Waals surface area contributed by atoms with Crippen LogP contribution in [-0.2, 0) is 6.42 Å². The molecule has 3 rings (SSSR count). The molecule has 4 nitrogen and oxygen atoms in total. The monoisotopic (exact) mass is 375 g/mol. The maximum absolute atomic E-state index is 12.5. The molecule has 1 amide bonds. The van der Waals surface area contributed by atoms with E-state index in [1.165, 1.54) is 5.56 Å². The van der Waals surface area contributed by atoms with Crippen LogP contribution in [0.25, 0.3) is 0 Å². The average molecular weight is 375 g/mol. The Bertz CT molecular complexity index is 876. The van der Waals surface area contributed by atoms with Crippen LogP contribution in [0.3, 0.4) is 0 Å². The molecule has 0 unspecified atom stereocenters. The number of benzene rings is 3. The van der Waals surface area contributed by atoms with Crippen LogP contribution in [0.2, 0.25) is 0 Å². The Morgan fingerprint density at radius 3 is 2.32 bits per heavy atom. The molecular formula is C24H25NO3. The molecule has 4 heteroatoms. The van der Waals surface area contributed by atoms with Crippen molar-refractivity contribution in [1.82, 2.24) is 0 Å². The van der Waals surface area contributed by atoms with Crippen LogP contribution in [0.5, 0.6) is 11.5 Å². The number of hydrogen-bond donors (Lipinski definition) is 1. The molecule has 0 aliphatic heterocycles. The Labute approximate surface area is 166 Å². The second-order valence-corrected chi connectivity index (χ2v) is 6.44. The Morgan fingerprint density at radius 1 is 0.821 bits per heavy atom. The molecule has 0 heterocycles. The summed E-state index contributed by atoms with van der Waals surface area (Å²) in [6, 6.07) is 24.8. The first kappa shape index (κ1) is 19.5. The quantitative estimate of drug-likeness (QED) is 0.548. The van der Waals surface area contributed by atoms with E-state index < -0.39 is 0 Å². The van der Waals surface area contributed by atoms with Gasteiger partial charge in [0.25, 0.3) is 5.91 Å². The maximum Gasteiger partial charge on any atom is 0.255 e. The predicted molar refractivity (Wildman–Crippen MR) is 112 cm³/mol. The Kier molecular flexibility index (Phi) is 7.08. The van der Waals surface area contributed by atoms with E-state index >= 15 is 0 Å². The van der Waals surface area contributed by atoms with Crippen LogP contribution in [0, 0.1) is 0 Å². The van der Waals surface area contributed by atoms with E-state index in [-0.39, 0.29) is 5.91 Å². The van der Waals surface area contributed by atoms with Crippen molar-refractivity contribution in [2.45, 2.75) is 19.8 Å². The zero-order valence-electron chi connectivity index (χ0n) is 16.1. The van der Waals surface area contributed by atoms with Crippen LogP contribution in [0.4, 0.5) is 5.69 Å². The van der Waals surface area contributed by atoms with Gasteiger partial charge in [-0.25, -0.2) is 0 Å². The van der Waals surface area contributed by atoms with Gasteiger partial charge in [0.05, 0.1) is 13.2 Å². The lowest BCUT2D eigenvalue weighted by atomic mass is 10.2. The third-order valence-corrected chi connectivity index (χ3v) is 4.18. The number of carbonyl (C=O) groups excluding carboxylic acids is 1. The van der Waals surface area contributed by atoms with Crippen molar-refractivity contribution in [2.75, 3.05) is 18.5 Å². The molecule has 0 aliphatic carbocycles. The lowest BCUT2D eigenvalue weighted by Gasteiger charge is -2.10. The van der Waals surface area contributed by atoms with Gasteiger partial charge >= 0.3 is 0 Å². The van der Waals surface area contributed by atoms with Crippen molar-refractivity contribution >= 4 is 11.6 Å². The Balaban J connectivity index is 1.54. The number of nitrogens with one attached hydrogen (secondary N) is 1. The van der Waals surface area contributed by atoms with Crippen molar-refractivity contribution in [3.8, 4) is 11.5 Å². The molecule has 0 radical (unpaired) electrons. The summed E-state index contributed by atoms with van der Waals surface area (Å²) in [5.41, 5.74) is 2.52. The summed E-state index contributed by atoms with van der Waals surface area (Å²) in [4.78, 5) is 12.5. The molecule has 28 heavy (non-hydrogen) atoms. The third kappa shape index (κ3) is 5.88. The van der Waals surface area contributed by atoms with Gasteiger partial charge in [0.15, 0.2) is 0 Å². The van der Waals surface area contributed by atoms with E-state index in [4.69, 9.17) is 9.47 Å².